The van der Waals surface area contributed by atoms with E-state index in [2.05, 4.69) is 64.8 Å². The number of fused-ring (bicyclic) bond motifs is 3. The van der Waals surface area contributed by atoms with E-state index in [9.17, 15) is 0 Å². The highest BCUT2D eigenvalue weighted by atomic mass is 15.2. The van der Waals surface area contributed by atoms with Gasteiger partial charge >= 0.3 is 0 Å². The van der Waals surface area contributed by atoms with Crippen molar-refractivity contribution >= 4 is 21.8 Å². The number of pyridine rings is 2. The molecule has 0 fully saturated rings. The largest absolute Gasteiger partial charge is 0.278 e. The number of nitrogens with zero attached hydrogens (tertiary/aromatic N) is 6. The molecule has 0 amide bonds. The second kappa shape index (κ2) is 8.09. The molecule has 0 atom stereocenters. The van der Waals surface area contributed by atoms with Crippen LogP contribution in [0.4, 0.5) is 0 Å². The zero-order valence-corrected chi connectivity index (χ0v) is 20.1. The van der Waals surface area contributed by atoms with Crippen LogP contribution in [0.15, 0.2) is 73.1 Å². The first kappa shape index (κ1) is 21.1. The molecule has 0 saturated heterocycles. The number of hydrogen-bond donors (Lipinski definition) is 0. The van der Waals surface area contributed by atoms with Crippen LogP contribution in [0.25, 0.3) is 50.5 Å². The standard InChI is InChI=1S/C29H24N6/c1-17-5-11-25-23(13-17)24-14-18(2)6-12-26(24)35(25)29-33-27(21-9-7-19(3)30-15-21)32-28(34-29)22-10-8-20(4)31-16-22/h5-16H,1-4H3. The predicted molar refractivity (Wildman–Crippen MR) is 140 cm³/mol. The van der Waals surface area contributed by atoms with Crippen LogP contribution >= 0.6 is 0 Å². The third-order valence-electron chi connectivity index (χ3n) is 6.24. The van der Waals surface area contributed by atoms with Gasteiger partial charge in [0.2, 0.25) is 5.95 Å². The van der Waals surface area contributed by atoms with Crippen LogP contribution in [0, 0.1) is 27.7 Å². The Balaban J connectivity index is 1.68. The summed E-state index contributed by atoms with van der Waals surface area (Å²) < 4.78 is 2.13. The topological polar surface area (TPSA) is 69.4 Å². The van der Waals surface area contributed by atoms with Crippen molar-refractivity contribution in [2.45, 2.75) is 27.7 Å². The highest BCUT2D eigenvalue weighted by Crippen LogP contribution is 2.33. The summed E-state index contributed by atoms with van der Waals surface area (Å²) in [4.78, 5) is 23.6. The molecule has 6 rings (SSSR count). The Morgan fingerprint density at radius 2 is 1.03 bits per heavy atom. The van der Waals surface area contributed by atoms with Crippen molar-refractivity contribution in [3.8, 4) is 28.7 Å². The molecule has 0 aliphatic rings. The minimum absolute atomic E-state index is 0.568. The van der Waals surface area contributed by atoms with Crippen molar-refractivity contribution in [2.75, 3.05) is 0 Å². The summed E-state index contributed by atoms with van der Waals surface area (Å²) in [5, 5.41) is 2.36. The maximum atomic E-state index is 4.94. The van der Waals surface area contributed by atoms with Gasteiger partial charge in [-0.25, -0.2) is 4.98 Å². The number of hydrogen-bond acceptors (Lipinski definition) is 5. The van der Waals surface area contributed by atoms with Crippen LogP contribution in [0.5, 0.6) is 0 Å². The lowest BCUT2D eigenvalue weighted by Gasteiger charge is -2.11. The smallest absolute Gasteiger partial charge is 0.238 e. The second-order valence-electron chi connectivity index (χ2n) is 9.04. The summed E-state index contributed by atoms with van der Waals surface area (Å²) in [6.45, 7) is 8.17. The Morgan fingerprint density at radius 1 is 0.543 bits per heavy atom. The molecule has 0 aliphatic carbocycles. The SMILES string of the molecule is Cc1ccc2c(c1)c1cc(C)ccc1n2-c1nc(-c2ccc(C)nc2)nc(-c2ccc(C)nc2)n1. The van der Waals surface area contributed by atoms with E-state index in [1.807, 2.05) is 50.5 Å². The summed E-state index contributed by atoms with van der Waals surface area (Å²) in [6, 6.07) is 20.9. The molecule has 0 saturated carbocycles. The van der Waals surface area contributed by atoms with E-state index in [4.69, 9.17) is 15.0 Å². The molecule has 6 heteroatoms. The van der Waals surface area contributed by atoms with Gasteiger partial charge in [-0.05, 0) is 76.2 Å². The number of aryl methyl sites for hydroxylation is 4. The highest BCUT2D eigenvalue weighted by Gasteiger charge is 2.18. The summed E-state index contributed by atoms with van der Waals surface area (Å²) in [5.74, 6) is 1.72. The summed E-state index contributed by atoms with van der Waals surface area (Å²) >= 11 is 0. The predicted octanol–water partition coefficient (Wildman–Crippen LogP) is 6.33. The molecular formula is C29H24N6. The molecule has 0 spiro atoms. The monoisotopic (exact) mass is 456 g/mol. The molecule has 0 aliphatic heterocycles. The van der Waals surface area contributed by atoms with Crippen LogP contribution in [-0.2, 0) is 0 Å². The molecule has 0 unspecified atom stereocenters. The average Bonchev–Trinajstić information content (AvgIpc) is 3.17. The van der Waals surface area contributed by atoms with E-state index < -0.39 is 0 Å². The minimum Gasteiger partial charge on any atom is -0.278 e. The Morgan fingerprint density at radius 3 is 1.46 bits per heavy atom. The maximum Gasteiger partial charge on any atom is 0.238 e. The Kier molecular flexibility index (Phi) is 4.88. The lowest BCUT2D eigenvalue weighted by Crippen LogP contribution is -2.06. The van der Waals surface area contributed by atoms with Gasteiger partial charge < -0.3 is 0 Å². The third kappa shape index (κ3) is 3.73. The molecular weight excluding hydrogens is 432 g/mol. The molecule has 35 heavy (non-hydrogen) atoms. The van der Waals surface area contributed by atoms with Crippen molar-refractivity contribution in [1.29, 1.82) is 0 Å². The highest BCUT2D eigenvalue weighted by molar-refractivity contribution is 6.09. The lowest BCUT2D eigenvalue weighted by molar-refractivity contribution is 0.950. The molecule has 6 aromatic rings. The zero-order valence-electron chi connectivity index (χ0n) is 20.1. The first-order valence-corrected chi connectivity index (χ1v) is 11.6. The van der Waals surface area contributed by atoms with Gasteiger partial charge in [0.15, 0.2) is 11.6 Å². The van der Waals surface area contributed by atoms with Crippen LogP contribution in [0.2, 0.25) is 0 Å². The van der Waals surface area contributed by atoms with E-state index in [0.717, 1.165) is 33.5 Å². The van der Waals surface area contributed by atoms with E-state index in [-0.39, 0.29) is 0 Å². The van der Waals surface area contributed by atoms with E-state index >= 15 is 0 Å². The molecule has 6 nitrogen and oxygen atoms in total. The van der Waals surface area contributed by atoms with Crippen molar-refractivity contribution in [3.05, 3.63) is 95.6 Å². The van der Waals surface area contributed by atoms with E-state index in [1.54, 1.807) is 0 Å². The quantitative estimate of drug-likeness (QED) is 0.311. The molecule has 2 aromatic carbocycles. The van der Waals surface area contributed by atoms with Gasteiger partial charge in [-0.3, -0.25) is 14.5 Å². The van der Waals surface area contributed by atoms with Gasteiger partial charge in [0, 0.05) is 45.7 Å². The first-order valence-electron chi connectivity index (χ1n) is 11.6. The Labute approximate surface area is 203 Å². The normalized spacial score (nSPS) is 11.4. The van der Waals surface area contributed by atoms with Crippen molar-refractivity contribution in [3.63, 3.8) is 0 Å². The molecule has 0 N–H and O–H groups in total. The van der Waals surface area contributed by atoms with Crippen LogP contribution in [0.1, 0.15) is 22.5 Å². The van der Waals surface area contributed by atoms with E-state index in [0.29, 0.717) is 17.6 Å². The Bertz CT molecular complexity index is 1590. The fraction of sp³-hybridized carbons (Fsp3) is 0.138. The fourth-order valence-electron chi connectivity index (χ4n) is 4.39. The lowest BCUT2D eigenvalue weighted by atomic mass is 10.1. The summed E-state index contributed by atoms with van der Waals surface area (Å²) in [6.07, 6.45) is 3.62. The van der Waals surface area contributed by atoms with Crippen LogP contribution in [0.3, 0.4) is 0 Å². The number of aromatic nitrogens is 6. The molecule has 4 aromatic heterocycles. The molecule has 0 radical (unpaired) electrons. The maximum absolute atomic E-state index is 4.94. The number of benzene rings is 2. The summed E-state index contributed by atoms with van der Waals surface area (Å²) in [5.41, 5.74) is 8.11. The van der Waals surface area contributed by atoms with Gasteiger partial charge in [0.25, 0.3) is 0 Å². The molecule has 4 heterocycles. The molecule has 0 bridgehead atoms. The Hall–Kier alpha value is -4.45. The zero-order chi connectivity index (χ0) is 24.1. The number of rotatable bonds is 3. The second-order valence-corrected chi connectivity index (χ2v) is 9.04. The van der Waals surface area contributed by atoms with Gasteiger partial charge in [-0.2, -0.15) is 9.97 Å². The minimum atomic E-state index is 0.568. The van der Waals surface area contributed by atoms with Crippen molar-refractivity contribution in [1.82, 2.24) is 29.5 Å². The fourth-order valence-corrected chi connectivity index (χ4v) is 4.39. The van der Waals surface area contributed by atoms with Crippen molar-refractivity contribution in [2.24, 2.45) is 0 Å². The van der Waals surface area contributed by atoms with Gasteiger partial charge in [0.05, 0.1) is 11.0 Å². The van der Waals surface area contributed by atoms with E-state index in [1.165, 1.54) is 21.9 Å². The van der Waals surface area contributed by atoms with Gasteiger partial charge in [-0.15, -0.1) is 0 Å². The average molecular weight is 457 g/mol. The third-order valence-corrected chi connectivity index (χ3v) is 6.24. The van der Waals surface area contributed by atoms with Gasteiger partial charge in [0.1, 0.15) is 0 Å². The summed E-state index contributed by atoms with van der Waals surface area (Å²) in [7, 11) is 0. The molecule has 170 valence electrons. The first-order chi connectivity index (χ1) is 17.0. The van der Waals surface area contributed by atoms with Crippen LogP contribution < -0.4 is 0 Å². The van der Waals surface area contributed by atoms with Crippen molar-refractivity contribution < 1.29 is 0 Å². The van der Waals surface area contributed by atoms with Crippen LogP contribution in [-0.4, -0.2) is 29.5 Å². The van der Waals surface area contributed by atoms with Gasteiger partial charge in [-0.1, -0.05) is 23.3 Å².